The first-order valence-corrected chi connectivity index (χ1v) is 10.6. The van der Waals surface area contributed by atoms with Crippen molar-refractivity contribution in [2.24, 2.45) is 0 Å². The molecular weight excluding hydrogens is 394 g/mol. The number of hydrogen-bond acceptors (Lipinski definition) is 4. The second-order valence-corrected chi connectivity index (χ2v) is 8.07. The maximum absolute atomic E-state index is 12.7. The van der Waals surface area contributed by atoms with E-state index in [1.54, 1.807) is 14.2 Å². The van der Waals surface area contributed by atoms with Gasteiger partial charge in [-0.2, -0.15) is 0 Å². The molecule has 0 spiro atoms. The van der Waals surface area contributed by atoms with Crippen molar-refractivity contribution < 1.29 is 24.0 Å². The molecule has 2 aromatic rings. The van der Waals surface area contributed by atoms with Crippen molar-refractivity contribution in [1.82, 2.24) is 5.32 Å². The molecule has 31 heavy (non-hydrogen) atoms. The highest BCUT2D eigenvalue weighted by Gasteiger charge is 2.30. The normalized spacial score (nSPS) is 16.1. The molecule has 3 rings (SSSR count). The highest BCUT2D eigenvalue weighted by atomic mass is 16.5. The van der Waals surface area contributed by atoms with Crippen molar-refractivity contribution >= 4 is 17.5 Å². The summed E-state index contributed by atoms with van der Waals surface area (Å²) in [6, 6.07) is 9.60. The molecule has 7 nitrogen and oxygen atoms in total. The number of amides is 2. The molecule has 2 amide bonds. The Kier molecular flexibility index (Phi) is 7.17. The zero-order valence-electron chi connectivity index (χ0n) is 18.9. The third kappa shape index (κ3) is 5.17. The molecule has 3 N–H and O–H groups in total. The number of para-hydroxylation sites is 1. The predicted octanol–water partition coefficient (Wildman–Crippen LogP) is 1.41. The molecular formula is C24H32N3O4+. The summed E-state index contributed by atoms with van der Waals surface area (Å²) in [6.07, 6.45) is 0.857. The molecule has 0 fully saturated rings. The largest absolute Gasteiger partial charge is 0.493 e. The Bertz CT molecular complexity index is 953. The van der Waals surface area contributed by atoms with Crippen LogP contribution in [0.3, 0.4) is 0 Å². The second kappa shape index (κ2) is 9.83. The topological polar surface area (TPSA) is 81.1 Å². The number of hydrogen-bond donors (Lipinski definition) is 3. The highest BCUT2D eigenvalue weighted by molar-refractivity contribution is 5.96. The molecule has 0 radical (unpaired) electrons. The summed E-state index contributed by atoms with van der Waals surface area (Å²) in [6.45, 7) is 7.31. The van der Waals surface area contributed by atoms with Crippen LogP contribution in [0.25, 0.3) is 0 Å². The molecule has 1 aliphatic heterocycles. The molecule has 1 unspecified atom stereocenters. The molecule has 0 saturated carbocycles. The smallest absolute Gasteiger partial charge is 0.278 e. The number of carbonyl (C=O) groups excluding carboxylic acids is 2. The number of anilines is 1. The van der Waals surface area contributed by atoms with Crippen LogP contribution in [0.1, 0.15) is 29.2 Å². The van der Waals surface area contributed by atoms with E-state index in [0.29, 0.717) is 5.75 Å². The number of benzene rings is 2. The Morgan fingerprint density at radius 3 is 2.29 bits per heavy atom. The van der Waals surface area contributed by atoms with Crippen molar-refractivity contribution in [3.8, 4) is 11.5 Å². The van der Waals surface area contributed by atoms with Gasteiger partial charge in [-0.15, -0.1) is 0 Å². The van der Waals surface area contributed by atoms with Crippen LogP contribution in [0.4, 0.5) is 5.69 Å². The Labute approximate surface area is 183 Å². The molecule has 0 aliphatic carbocycles. The van der Waals surface area contributed by atoms with Crippen molar-refractivity contribution in [2.45, 2.75) is 39.8 Å². The van der Waals surface area contributed by atoms with E-state index in [1.807, 2.05) is 51.1 Å². The summed E-state index contributed by atoms with van der Waals surface area (Å²) in [5.41, 5.74) is 5.18. The molecule has 166 valence electrons. The zero-order valence-corrected chi connectivity index (χ0v) is 18.9. The van der Waals surface area contributed by atoms with Crippen LogP contribution in [0.2, 0.25) is 0 Å². The quantitative estimate of drug-likeness (QED) is 0.625. The summed E-state index contributed by atoms with van der Waals surface area (Å²) < 4.78 is 10.8. The van der Waals surface area contributed by atoms with Crippen LogP contribution in [0, 0.1) is 13.8 Å². The Morgan fingerprint density at radius 2 is 1.68 bits per heavy atom. The standard InChI is InChI=1S/C24H31N3O4/c1-15-7-6-8-16(2)23(15)26-22(28)13-25-24(29)17(3)27-10-9-18-11-20(30-4)21(31-5)12-19(18)14-27/h6-8,11-12,17H,9-10,13-14H2,1-5H3,(H,25,29)(H,26,28)/p+1/t17-/m0/s1. The van der Waals surface area contributed by atoms with Gasteiger partial charge < -0.3 is 25.0 Å². The molecule has 1 aliphatic rings. The summed E-state index contributed by atoms with van der Waals surface area (Å²) >= 11 is 0. The van der Waals surface area contributed by atoms with E-state index in [-0.39, 0.29) is 24.4 Å². The van der Waals surface area contributed by atoms with Gasteiger partial charge in [0.25, 0.3) is 5.91 Å². The first-order valence-electron chi connectivity index (χ1n) is 10.6. The summed E-state index contributed by atoms with van der Waals surface area (Å²) in [5.74, 6) is 1.07. The van der Waals surface area contributed by atoms with Crippen molar-refractivity contribution in [2.75, 3.05) is 32.6 Å². The van der Waals surface area contributed by atoms with E-state index < -0.39 is 0 Å². The van der Waals surface area contributed by atoms with Gasteiger partial charge in [-0.05, 0) is 49.6 Å². The first-order chi connectivity index (χ1) is 14.8. The van der Waals surface area contributed by atoms with Gasteiger partial charge >= 0.3 is 0 Å². The molecule has 0 aromatic heterocycles. The van der Waals surface area contributed by atoms with Crippen LogP contribution < -0.4 is 25.0 Å². The van der Waals surface area contributed by atoms with Crippen molar-refractivity contribution in [1.29, 1.82) is 0 Å². The maximum atomic E-state index is 12.7. The molecule has 7 heteroatoms. The molecule has 0 saturated heterocycles. The number of rotatable bonds is 7. The highest BCUT2D eigenvalue weighted by Crippen LogP contribution is 2.31. The van der Waals surface area contributed by atoms with Gasteiger partial charge in [-0.3, -0.25) is 9.59 Å². The molecule has 0 bridgehead atoms. The van der Waals surface area contributed by atoms with E-state index in [9.17, 15) is 9.59 Å². The van der Waals surface area contributed by atoms with E-state index in [1.165, 1.54) is 5.56 Å². The SMILES string of the molecule is COc1cc2c(cc1OC)C[NH+]([C@@H](C)C(=O)NCC(=O)Nc1c(C)cccc1C)CC2. The van der Waals surface area contributed by atoms with Crippen LogP contribution in [0.5, 0.6) is 11.5 Å². The number of nitrogens with one attached hydrogen (secondary N) is 3. The van der Waals surface area contributed by atoms with Crippen LogP contribution in [-0.2, 0) is 22.6 Å². The lowest BCUT2D eigenvalue weighted by atomic mass is 9.97. The van der Waals surface area contributed by atoms with E-state index >= 15 is 0 Å². The molecule has 1 heterocycles. The Morgan fingerprint density at radius 1 is 1.06 bits per heavy atom. The van der Waals surface area contributed by atoms with Gasteiger partial charge in [0, 0.05) is 17.7 Å². The van der Waals surface area contributed by atoms with Crippen LogP contribution in [-0.4, -0.2) is 45.2 Å². The van der Waals surface area contributed by atoms with E-state index in [0.717, 1.165) is 52.5 Å². The molecule has 2 aromatic carbocycles. The van der Waals surface area contributed by atoms with Gasteiger partial charge in [0.1, 0.15) is 6.54 Å². The number of fused-ring (bicyclic) bond motifs is 1. The van der Waals surface area contributed by atoms with Gasteiger partial charge in [-0.1, -0.05) is 18.2 Å². The lowest BCUT2D eigenvalue weighted by molar-refractivity contribution is -0.929. The fourth-order valence-electron chi connectivity index (χ4n) is 4.06. The third-order valence-electron chi connectivity index (χ3n) is 6.01. The third-order valence-corrected chi connectivity index (χ3v) is 6.01. The maximum Gasteiger partial charge on any atom is 0.278 e. The minimum absolute atomic E-state index is 0.0498. The monoisotopic (exact) mass is 426 g/mol. The summed E-state index contributed by atoms with van der Waals surface area (Å²) in [5, 5.41) is 5.69. The second-order valence-electron chi connectivity index (χ2n) is 8.07. The number of quaternary nitrogens is 1. The van der Waals surface area contributed by atoms with Gasteiger partial charge in [0.15, 0.2) is 17.5 Å². The fraction of sp³-hybridized carbons (Fsp3) is 0.417. The van der Waals surface area contributed by atoms with E-state index in [2.05, 4.69) is 10.6 Å². The van der Waals surface area contributed by atoms with Crippen molar-refractivity contribution in [3.63, 3.8) is 0 Å². The van der Waals surface area contributed by atoms with Crippen LogP contribution >= 0.6 is 0 Å². The first kappa shape index (κ1) is 22.6. The van der Waals surface area contributed by atoms with Crippen molar-refractivity contribution in [3.05, 3.63) is 52.6 Å². The minimum Gasteiger partial charge on any atom is -0.493 e. The molecule has 2 atom stereocenters. The minimum atomic E-state index is -0.269. The number of ether oxygens (including phenoxy) is 2. The summed E-state index contributed by atoms with van der Waals surface area (Å²) in [4.78, 5) is 26.2. The lowest BCUT2D eigenvalue weighted by Crippen LogP contribution is -3.16. The Hall–Kier alpha value is -3.06. The summed E-state index contributed by atoms with van der Waals surface area (Å²) in [7, 11) is 3.25. The number of carbonyl (C=O) groups is 2. The Balaban J connectivity index is 1.57. The van der Waals surface area contributed by atoms with Gasteiger partial charge in [0.05, 0.1) is 27.3 Å². The van der Waals surface area contributed by atoms with Gasteiger partial charge in [-0.25, -0.2) is 0 Å². The number of methoxy groups -OCH3 is 2. The predicted molar refractivity (Wildman–Crippen MR) is 120 cm³/mol. The average Bonchev–Trinajstić information content (AvgIpc) is 2.78. The van der Waals surface area contributed by atoms with E-state index in [4.69, 9.17) is 9.47 Å². The lowest BCUT2D eigenvalue weighted by Gasteiger charge is -2.30. The van der Waals surface area contributed by atoms with Gasteiger partial charge in [0.2, 0.25) is 5.91 Å². The fourth-order valence-corrected chi connectivity index (χ4v) is 4.06. The number of aryl methyl sites for hydroxylation is 2. The average molecular weight is 427 g/mol. The van der Waals surface area contributed by atoms with Crippen LogP contribution in [0.15, 0.2) is 30.3 Å². The zero-order chi connectivity index (χ0) is 22.5.